The largest absolute Gasteiger partial charge is 0.393 e. The van der Waals surface area contributed by atoms with Gasteiger partial charge in [-0.25, -0.2) is 9.98 Å². The lowest BCUT2D eigenvalue weighted by molar-refractivity contribution is 0.126. The molecule has 0 radical (unpaired) electrons. The van der Waals surface area contributed by atoms with Gasteiger partial charge in [0.25, 0.3) is 0 Å². The lowest BCUT2D eigenvalue weighted by Crippen LogP contribution is -2.29. The van der Waals surface area contributed by atoms with Gasteiger partial charge in [-0.1, -0.05) is 23.7 Å². The summed E-state index contributed by atoms with van der Waals surface area (Å²) in [6.45, 7) is 0.637. The van der Waals surface area contributed by atoms with Gasteiger partial charge in [-0.05, 0) is 37.8 Å². The van der Waals surface area contributed by atoms with E-state index in [9.17, 15) is 5.11 Å². The van der Waals surface area contributed by atoms with Crippen LogP contribution in [-0.2, 0) is 6.54 Å². The molecule has 7 heteroatoms. The fraction of sp³-hybridized carbons (Fsp3) is 0.389. The van der Waals surface area contributed by atoms with E-state index in [2.05, 4.69) is 20.3 Å². The van der Waals surface area contributed by atoms with Gasteiger partial charge in [-0.15, -0.1) is 0 Å². The molecule has 1 aromatic heterocycles. The Labute approximate surface area is 151 Å². The summed E-state index contributed by atoms with van der Waals surface area (Å²) in [7, 11) is 0. The fourth-order valence-corrected chi connectivity index (χ4v) is 3.52. The number of aliphatic hydroxyl groups is 1. The van der Waals surface area contributed by atoms with Gasteiger partial charge in [0, 0.05) is 17.8 Å². The summed E-state index contributed by atoms with van der Waals surface area (Å²) in [4.78, 5) is 15.4. The second-order valence-corrected chi connectivity index (χ2v) is 6.92. The topological polar surface area (TPSA) is 73.6 Å². The summed E-state index contributed by atoms with van der Waals surface area (Å²) < 4.78 is 0. The molecule has 0 spiro atoms. The molecule has 1 aliphatic heterocycles. The molecule has 4 rings (SSSR count). The van der Waals surface area contributed by atoms with Crippen molar-refractivity contribution in [1.82, 2.24) is 9.97 Å². The number of aliphatic imine (C=N–C) groups is 1. The lowest BCUT2D eigenvalue weighted by atomic mass is 9.93. The van der Waals surface area contributed by atoms with Crippen LogP contribution in [0.4, 0.5) is 17.5 Å². The van der Waals surface area contributed by atoms with Gasteiger partial charge in [0.15, 0.2) is 5.82 Å². The first-order valence-corrected chi connectivity index (χ1v) is 8.93. The van der Waals surface area contributed by atoms with E-state index >= 15 is 0 Å². The van der Waals surface area contributed by atoms with Gasteiger partial charge in [-0.3, -0.25) is 0 Å². The number of halogens is 1. The third-order valence-corrected chi connectivity index (χ3v) is 5.01. The van der Waals surface area contributed by atoms with E-state index in [0.29, 0.717) is 29.4 Å². The number of fused-ring (bicyclic) bond motifs is 1. The molecule has 0 atom stereocenters. The van der Waals surface area contributed by atoms with Crippen LogP contribution >= 0.6 is 11.6 Å². The smallest absolute Gasteiger partial charge is 0.224 e. The van der Waals surface area contributed by atoms with E-state index in [0.717, 1.165) is 36.9 Å². The zero-order valence-corrected chi connectivity index (χ0v) is 14.5. The minimum Gasteiger partial charge on any atom is -0.393 e. The number of nitrogens with zero attached hydrogens (tertiary/aromatic N) is 4. The fourth-order valence-electron chi connectivity index (χ4n) is 3.27. The molecule has 1 aromatic carbocycles. The molecule has 0 unspecified atom stereocenters. The number of aliphatic hydroxyl groups excluding tert-OH is 1. The van der Waals surface area contributed by atoms with E-state index in [1.807, 2.05) is 35.4 Å². The minimum atomic E-state index is -0.164. The maximum absolute atomic E-state index is 9.60. The Morgan fingerprint density at radius 2 is 1.96 bits per heavy atom. The van der Waals surface area contributed by atoms with Crippen LogP contribution in [0.25, 0.3) is 0 Å². The minimum absolute atomic E-state index is 0.164. The number of hydrogen-bond acceptors (Lipinski definition) is 6. The van der Waals surface area contributed by atoms with Crippen molar-refractivity contribution >= 4 is 35.4 Å². The van der Waals surface area contributed by atoms with Gasteiger partial charge in [0.2, 0.25) is 5.95 Å². The summed E-state index contributed by atoms with van der Waals surface area (Å²) >= 11 is 6.27. The number of rotatable bonds is 3. The molecule has 2 aromatic rings. The van der Waals surface area contributed by atoms with Gasteiger partial charge < -0.3 is 15.3 Å². The van der Waals surface area contributed by atoms with Gasteiger partial charge in [-0.2, -0.15) is 4.98 Å². The Morgan fingerprint density at radius 3 is 2.76 bits per heavy atom. The van der Waals surface area contributed by atoms with E-state index in [4.69, 9.17) is 11.6 Å². The average Bonchev–Trinajstić information content (AvgIpc) is 2.64. The molecule has 1 aliphatic carbocycles. The first kappa shape index (κ1) is 16.3. The Balaban J connectivity index is 1.48. The van der Waals surface area contributed by atoms with Crippen LogP contribution in [0.1, 0.15) is 31.2 Å². The van der Waals surface area contributed by atoms with Crippen LogP contribution in [-0.4, -0.2) is 33.6 Å². The van der Waals surface area contributed by atoms with Gasteiger partial charge in [0.05, 0.1) is 29.7 Å². The standard InChI is InChI=1S/C18H20ClN5O/c19-15-3-1-2-4-16(15)24-10-12-9-20-18(23-17(12)21-11-24)22-13-5-7-14(25)8-6-13/h1-4,9,11,13-14,25H,5-8,10H2,(H,20,22,23). The van der Waals surface area contributed by atoms with Gasteiger partial charge in [0.1, 0.15) is 0 Å². The highest BCUT2D eigenvalue weighted by molar-refractivity contribution is 6.33. The predicted octanol–water partition coefficient (Wildman–Crippen LogP) is 3.53. The molecule has 25 heavy (non-hydrogen) atoms. The van der Waals surface area contributed by atoms with Crippen molar-refractivity contribution in [3.63, 3.8) is 0 Å². The maximum Gasteiger partial charge on any atom is 0.224 e. The quantitative estimate of drug-likeness (QED) is 0.879. The van der Waals surface area contributed by atoms with Crippen LogP contribution in [0.2, 0.25) is 5.02 Å². The van der Waals surface area contributed by atoms with E-state index in [1.165, 1.54) is 0 Å². The highest BCUT2D eigenvalue weighted by atomic mass is 35.5. The molecule has 1 fully saturated rings. The monoisotopic (exact) mass is 357 g/mol. The number of anilines is 2. The van der Waals surface area contributed by atoms with E-state index in [-0.39, 0.29) is 6.10 Å². The molecular weight excluding hydrogens is 338 g/mol. The molecule has 2 heterocycles. The van der Waals surface area contributed by atoms with E-state index < -0.39 is 0 Å². The molecule has 0 bridgehead atoms. The van der Waals surface area contributed by atoms with Crippen LogP contribution in [0.5, 0.6) is 0 Å². The average molecular weight is 358 g/mol. The SMILES string of the molecule is OC1CCC(Nc2ncc3c(n2)N=CN(c2ccccc2Cl)C3)CC1. The molecular formula is C18H20ClN5O. The number of aromatic nitrogens is 2. The molecule has 6 nitrogen and oxygen atoms in total. The van der Waals surface area contributed by atoms with Crippen molar-refractivity contribution in [2.24, 2.45) is 4.99 Å². The van der Waals surface area contributed by atoms with E-state index in [1.54, 1.807) is 6.34 Å². The second kappa shape index (κ2) is 6.98. The Bertz CT molecular complexity index is 789. The third kappa shape index (κ3) is 3.60. The number of hydrogen-bond donors (Lipinski definition) is 2. The number of nitrogens with one attached hydrogen (secondary N) is 1. The highest BCUT2D eigenvalue weighted by Crippen LogP contribution is 2.30. The van der Waals surface area contributed by atoms with Crippen molar-refractivity contribution in [2.45, 2.75) is 44.4 Å². The molecule has 130 valence electrons. The summed E-state index contributed by atoms with van der Waals surface area (Å²) in [5.74, 6) is 1.29. The Hall–Kier alpha value is -2.18. The molecule has 1 saturated carbocycles. The van der Waals surface area contributed by atoms with Crippen molar-refractivity contribution < 1.29 is 5.11 Å². The van der Waals surface area contributed by atoms with Crippen LogP contribution in [0.15, 0.2) is 35.5 Å². The lowest BCUT2D eigenvalue weighted by Gasteiger charge is -2.27. The summed E-state index contributed by atoms with van der Waals surface area (Å²) in [6, 6.07) is 8.01. The van der Waals surface area contributed by atoms with Crippen molar-refractivity contribution in [3.8, 4) is 0 Å². The Morgan fingerprint density at radius 1 is 1.16 bits per heavy atom. The second-order valence-electron chi connectivity index (χ2n) is 6.52. The normalized spacial score (nSPS) is 22.6. The summed E-state index contributed by atoms with van der Waals surface area (Å²) in [5.41, 5.74) is 1.88. The number of para-hydroxylation sites is 1. The summed E-state index contributed by atoms with van der Waals surface area (Å²) in [5, 5.41) is 13.6. The predicted molar refractivity (Wildman–Crippen MR) is 99.7 cm³/mol. The van der Waals surface area contributed by atoms with Crippen LogP contribution in [0, 0.1) is 0 Å². The zero-order valence-electron chi connectivity index (χ0n) is 13.8. The molecule has 2 aliphatic rings. The number of benzene rings is 1. The van der Waals surface area contributed by atoms with Crippen molar-refractivity contribution in [2.75, 3.05) is 10.2 Å². The Kier molecular flexibility index (Phi) is 4.55. The first-order chi connectivity index (χ1) is 12.2. The van der Waals surface area contributed by atoms with Gasteiger partial charge >= 0.3 is 0 Å². The third-order valence-electron chi connectivity index (χ3n) is 4.69. The van der Waals surface area contributed by atoms with Crippen LogP contribution < -0.4 is 10.2 Å². The maximum atomic E-state index is 9.60. The highest BCUT2D eigenvalue weighted by Gasteiger charge is 2.21. The molecule has 0 amide bonds. The molecule has 2 N–H and O–H groups in total. The van der Waals surface area contributed by atoms with Crippen molar-refractivity contribution in [1.29, 1.82) is 0 Å². The first-order valence-electron chi connectivity index (χ1n) is 8.55. The van der Waals surface area contributed by atoms with Crippen LogP contribution in [0.3, 0.4) is 0 Å². The van der Waals surface area contributed by atoms with Crippen molar-refractivity contribution in [3.05, 3.63) is 41.0 Å². The summed E-state index contributed by atoms with van der Waals surface area (Å²) in [6.07, 6.45) is 6.94. The molecule has 0 saturated heterocycles. The zero-order chi connectivity index (χ0) is 17.2.